The molecule has 0 aliphatic heterocycles. The molecule has 190 valence electrons. The summed E-state index contributed by atoms with van der Waals surface area (Å²) in [5.41, 5.74) is 6.57. The van der Waals surface area contributed by atoms with Crippen molar-refractivity contribution in [3.63, 3.8) is 0 Å². The smallest absolute Gasteiger partial charge is 1.00 e. The second-order valence-corrected chi connectivity index (χ2v) is 11.2. The summed E-state index contributed by atoms with van der Waals surface area (Å²) in [5.74, 6) is 0.521. The van der Waals surface area contributed by atoms with E-state index in [1.165, 1.54) is 0 Å². The van der Waals surface area contributed by atoms with Gasteiger partial charge in [-0.1, -0.05) is 59.4 Å². The van der Waals surface area contributed by atoms with Gasteiger partial charge in [0.05, 0.1) is 0 Å². The van der Waals surface area contributed by atoms with Crippen LogP contribution in [0.3, 0.4) is 0 Å². The zero-order chi connectivity index (χ0) is 25.5. The average Bonchev–Trinajstić information content (AvgIpc) is 2.68. The maximum atomic E-state index is 13.9. The number of hydrogen-bond acceptors (Lipinski definition) is 3. The quantitative estimate of drug-likeness (QED) is 0.587. The molecule has 4 nitrogen and oxygen atoms in total. The van der Waals surface area contributed by atoms with Crippen LogP contribution < -0.4 is 22.3 Å². The number of halogens is 1. The van der Waals surface area contributed by atoms with Crippen LogP contribution in [0.4, 0.5) is 4.79 Å². The normalized spacial score (nSPS) is 11.4. The van der Waals surface area contributed by atoms with Crippen molar-refractivity contribution < 1.29 is 27.0 Å². The molecule has 0 N–H and O–H groups in total. The molecule has 35 heavy (non-hydrogen) atoms. The summed E-state index contributed by atoms with van der Waals surface area (Å²) in [5, 5.41) is 13.9. The fraction of sp³-hybridized carbons (Fsp3) is 0.552. The summed E-state index contributed by atoms with van der Waals surface area (Å²) in [7, 11) is 0. The van der Waals surface area contributed by atoms with E-state index in [1.807, 2.05) is 40.7 Å². The van der Waals surface area contributed by atoms with Gasteiger partial charge in [-0.2, -0.15) is 0 Å². The Hall–Kier alpha value is -1.43. The zero-order valence-electron chi connectivity index (χ0n) is 23.8. The van der Waals surface area contributed by atoms with Gasteiger partial charge in [-0.05, 0) is 85.8 Å². The monoisotopic (exact) mass is 511 g/mol. The number of carbonyl (C=O) groups excluding carboxylic acids is 1. The standard InChI is InChI=1S/C29H43NO3.ClH.Mg/c1-13-30(14-2)27(32)33-26-22(29(10,11)12)16-18(4)20(6)24(26)23-19(5)17(3)15-21(25(23)31)28(7,8)9;;/h15-16,31H,13-14H2,1-12H3;1H;/q;;+2/p-2. The minimum atomic E-state index is -0.385. The average molecular weight is 512 g/mol. The van der Waals surface area contributed by atoms with Crippen molar-refractivity contribution in [1.29, 1.82) is 0 Å². The molecule has 1 amide bonds. The Kier molecular flexibility index (Phi) is 11.7. The summed E-state index contributed by atoms with van der Waals surface area (Å²) in [6, 6.07) is 4.11. The fourth-order valence-corrected chi connectivity index (χ4v) is 4.24. The van der Waals surface area contributed by atoms with Gasteiger partial charge in [0.1, 0.15) is 5.75 Å². The molecule has 0 unspecified atom stereocenters. The van der Waals surface area contributed by atoms with E-state index in [-0.39, 0.29) is 58.1 Å². The van der Waals surface area contributed by atoms with Crippen LogP contribution in [0.5, 0.6) is 11.5 Å². The van der Waals surface area contributed by atoms with Crippen molar-refractivity contribution in [1.82, 2.24) is 4.90 Å². The molecule has 6 heteroatoms. The van der Waals surface area contributed by atoms with Crippen LogP contribution in [-0.2, 0) is 10.8 Å². The third-order valence-corrected chi connectivity index (χ3v) is 6.68. The van der Waals surface area contributed by atoms with E-state index >= 15 is 0 Å². The van der Waals surface area contributed by atoms with Crippen molar-refractivity contribution in [2.75, 3.05) is 13.1 Å². The molecule has 0 bridgehead atoms. The predicted molar refractivity (Wildman–Crippen MR) is 142 cm³/mol. The molecule has 0 aliphatic rings. The molecule has 0 saturated carbocycles. The Morgan fingerprint density at radius 1 is 0.829 bits per heavy atom. The number of amides is 1. The number of carbonyl (C=O) groups is 1. The van der Waals surface area contributed by atoms with Crippen LogP contribution >= 0.6 is 0 Å². The van der Waals surface area contributed by atoms with Gasteiger partial charge in [0, 0.05) is 24.2 Å². The van der Waals surface area contributed by atoms with Crippen LogP contribution in [-0.4, -0.2) is 47.1 Å². The molecule has 0 aromatic heterocycles. The van der Waals surface area contributed by atoms with Gasteiger partial charge >= 0.3 is 29.1 Å². The molecule has 0 spiro atoms. The van der Waals surface area contributed by atoms with Crippen LogP contribution in [0, 0.1) is 27.7 Å². The topological polar surface area (TPSA) is 52.6 Å². The Balaban J connectivity index is 0.00000578. The molecule has 2 aromatic carbocycles. The van der Waals surface area contributed by atoms with Crippen LogP contribution in [0.15, 0.2) is 12.1 Å². The molecule has 0 heterocycles. The largest absolute Gasteiger partial charge is 2.00 e. The van der Waals surface area contributed by atoms with Gasteiger partial charge in [-0.15, -0.1) is 0 Å². The van der Waals surface area contributed by atoms with E-state index in [0.717, 1.165) is 38.9 Å². The number of aryl methyl sites for hydroxylation is 2. The third kappa shape index (κ3) is 6.87. The van der Waals surface area contributed by atoms with E-state index in [9.17, 15) is 9.90 Å². The summed E-state index contributed by atoms with van der Waals surface area (Å²) in [4.78, 5) is 14.8. The number of nitrogens with zero attached hydrogens (tertiary/aromatic N) is 1. The first-order valence-electron chi connectivity index (χ1n) is 12.0. The first-order valence-corrected chi connectivity index (χ1v) is 12.0. The first kappa shape index (κ1) is 33.6. The summed E-state index contributed by atoms with van der Waals surface area (Å²) >= 11 is 0. The predicted octanol–water partition coefficient (Wildman–Crippen LogP) is 3.72. The Morgan fingerprint density at radius 3 is 1.63 bits per heavy atom. The SMILES string of the molecule is CCN(CC)C(=O)Oc1c(C(C)(C)C)cc(C)c(C)c1-c1c(C)c(C)cc(C(C)(C)C)c1[O-].[Cl-].[Mg+2]. The van der Waals surface area contributed by atoms with Gasteiger partial charge in [-0.3, -0.25) is 0 Å². The van der Waals surface area contributed by atoms with Gasteiger partial charge in [-0.25, -0.2) is 4.79 Å². The van der Waals surface area contributed by atoms with Gasteiger partial charge in [0.2, 0.25) is 0 Å². The second kappa shape index (κ2) is 12.2. The van der Waals surface area contributed by atoms with Gasteiger partial charge < -0.3 is 27.2 Å². The molecular formula is C29H42ClMgNO3. The van der Waals surface area contributed by atoms with Crippen molar-refractivity contribution in [3.05, 3.63) is 45.5 Å². The zero-order valence-corrected chi connectivity index (χ0v) is 26.0. The van der Waals surface area contributed by atoms with E-state index in [4.69, 9.17) is 4.74 Å². The van der Waals surface area contributed by atoms with Gasteiger partial charge in [0.15, 0.2) is 0 Å². The number of rotatable bonds is 4. The van der Waals surface area contributed by atoms with Crippen LogP contribution in [0.1, 0.15) is 88.8 Å². The summed E-state index contributed by atoms with van der Waals surface area (Å²) < 4.78 is 6.16. The number of benzene rings is 2. The Bertz CT molecular complexity index is 1060. The fourth-order valence-electron chi connectivity index (χ4n) is 4.24. The third-order valence-electron chi connectivity index (χ3n) is 6.68. The number of hydrogen-bond donors (Lipinski definition) is 0. The maximum Gasteiger partial charge on any atom is 2.00 e. The van der Waals surface area contributed by atoms with Crippen molar-refractivity contribution in [2.24, 2.45) is 0 Å². The number of ether oxygens (including phenoxy) is 1. The van der Waals surface area contributed by atoms with E-state index in [1.54, 1.807) is 4.90 Å². The van der Waals surface area contributed by atoms with Crippen molar-refractivity contribution in [2.45, 2.75) is 93.9 Å². The van der Waals surface area contributed by atoms with Crippen LogP contribution in [0.2, 0.25) is 0 Å². The van der Waals surface area contributed by atoms with E-state index < -0.39 is 0 Å². The Labute approximate surface area is 235 Å². The Morgan fingerprint density at radius 2 is 1.23 bits per heavy atom. The molecular weight excluding hydrogens is 470 g/mol. The van der Waals surface area contributed by atoms with E-state index in [2.05, 4.69) is 54.5 Å². The molecule has 0 atom stereocenters. The maximum absolute atomic E-state index is 13.9. The molecule has 0 radical (unpaired) electrons. The van der Waals surface area contributed by atoms with E-state index in [0.29, 0.717) is 24.4 Å². The van der Waals surface area contributed by atoms with Crippen molar-refractivity contribution >= 4 is 29.1 Å². The minimum absolute atomic E-state index is 0. The summed E-state index contributed by atoms with van der Waals surface area (Å²) in [6.45, 7) is 25.6. The first-order chi connectivity index (χ1) is 15.1. The second-order valence-electron chi connectivity index (χ2n) is 11.2. The molecule has 2 aromatic rings. The van der Waals surface area contributed by atoms with Crippen LogP contribution in [0.25, 0.3) is 11.1 Å². The molecule has 0 fully saturated rings. The molecule has 0 aliphatic carbocycles. The molecule has 2 rings (SSSR count). The minimum Gasteiger partial charge on any atom is -1.00 e. The van der Waals surface area contributed by atoms with Crippen molar-refractivity contribution in [3.8, 4) is 22.6 Å². The summed E-state index contributed by atoms with van der Waals surface area (Å²) in [6.07, 6.45) is -0.385. The molecule has 0 saturated heterocycles. The van der Waals surface area contributed by atoms with Gasteiger partial charge in [0.25, 0.3) is 0 Å².